The van der Waals surface area contributed by atoms with E-state index in [4.69, 9.17) is 0 Å². The Morgan fingerprint density at radius 2 is 0.173 bits per heavy atom. The van der Waals surface area contributed by atoms with Gasteiger partial charge in [-0.2, -0.15) is 0 Å². The molecule has 10 aliphatic rings. The third-order valence-electron chi connectivity index (χ3n) is 24.5. The molecule has 0 aliphatic heterocycles. The zero-order valence-electron chi connectivity index (χ0n) is 68.1. The average Bonchev–Trinajstić information content (AvgIpc) is 1.18. The van der Waals surface area contributed by atoms with Crippen LogP contribution in [0.1, 0.15) is 570 Å². The first-order chi connectivity index (χ1) is 45.5. The van der Waals surface area contributed by atoms with E-state index in [0.717, 1.165) is 65.1 Å². The van der Waals surface area contributed by atoms with Crippen molar-refractivity contribution in [2.75, 3.05) is 0 Å². The van der Waals surface area contributed by atoms with Gasteiger partial charge in [0.05, 0.1) is 0 Å². The molecule has 10 fully saturated rings. The summed E-state index contributed by atoms with van der Waals surface area (Å²) in [6.45, 7) is 29.6. The molecule has 0 heterocycles. The number of hydrogen-bond acceptors (Lipinski definition) is 0. The predicted molar refractivity (Wildman–Crippen MR) is 464 cm³/mol. The zero-order chi connectivity index (χ0) is 68.1. The van der Waals surface area contributed by atoms with Crippen molar-refractivity contribution < 1.29 is 0 Å². The first-order valence-electron chi connectivity index (χ1n) is 45.5. The Labute approximate surface area is 631 Å². The van der Waals surface area contributed by atoms with E-state index in [1.165, 1.54) is 417 Å². The number of hydrogen-bond donors (Lipinski definition) is 0. The molecule has 10 saturated carbocycles. The van der Waals surface area contributed by atoms with Gasteiger partial charge in [-0.25, -0.2) is 0 Å². The van der Waals surface area contributed by atoms with Crippen molar-refractivity contribution in [1.29, 1.82) is 0 Å². The smallest absolute Gasteiger partial charge is 0.0386 e. The summed E-state index contributed by atoms with van der Waals surface area (Å²) in [5.74, 6) is 11.4. The molecular formula is C98H208. The van der Waals surface area contributed by atoms with Crippen molar-refractivity contribution >= 4 is 0 Å². The Morgan fingerprint density at radius 1 is 0.102 bits per heavy atom. The lowest BCUT2D eigenvalue weighted by Gasteiger charge is -2.31. The fourth-order valence-electron chi connectivity index (χ4n) is 17.5. The minimum Gasteiger partial charge on any atom is -0.0776 e. The second-order valence-corrected chi connectivity index (χ2v) is 34.4. The Balaban J connectivity index is -0.000000242. The highest BCUT2D eigenvalue weighted by Gasteiger charge is 2.24. The molecule has 0 atom stereocenters. The molecule has 0 aromatic rings. The highest BCUT2D eigenvalue weighted by molar-refractivity contribution is 4.76. The largest absolute Gasteiger partial charge is 0.0776 e. The maximum absolute atomic E-state index is 2.45. The summed E-state index contributed by atoms with van der Waals surface area (Å²) in [6.07, 6.45) is 103. The standard InChI is InChI=1S/C17H32.8C9H18.2C2H6.5CH4/c1-15-9-7-13-17(14-8-10-15)16-11-5-3-2-4-6-12-16;8*1-9-7-5-3-2-4-6-8-9;2*1-2;;;;;/h15-17H,2-14H2,1H3;8*9H,2-8H2,1H3;2*1-2H3;5*1H4. The third-order valence-corrected chi connectivity index (χ3v) is 24.5. The van der Waals surface area contributed by atoms with Crippen molar-refractivity contribution in [3.8, 4) is 0 Å². The third kappa shape index (κ3) is 77.1. The Morgan fingerprint density at radius 3 is 0.286 bits per heavy atom. The van der Waals surface area contributed by atoms with Gasteiger partial charge < -0.3 is 0 Å². The van der Waals surface area contributed by atoms with Crippen molar-refractivity contribution in [2.45, 2.75) is 570 Å². The fourth-order valence-corrected chi connectivity index (χ4v) is 17.5. The molecule has 0 bridgehead atoms. The summed E-state index contributed by atoms with van der Waals surface area (Å²) >= 11 is 0. The molecule has 0 spiro atoms. The molecule has 0 radical (unpaired) electrons. The molecule has 0 aromatic carbocycles. The van der Waals surface area contributed by atoms with Crippen LogP contribution < -0.4 is 0 Å². The van der Waals surface area contributed by atoms with E-state index < -0.39 is 0 Å². The Kier molecular flexibility index (Phi) is 95.5. The molecule has 10 rings (SSSR count). The van der Waals surface area contributed by atoms with Crippen LogP contribution in [-0.2, 0) is 0 Å². The Hall–Kier alpha value is 0. The van der Waals surface area contributed by atoms with Crippen LogP contribution in [0.2, 0.25) is 0 Å². The van der Waals surface area contributed by atoms with Gasteiger partial charge in [-0.05, 0) is 65.1 Å². The van der Waals surface area contributed by atoms with Gasteiger partial charge in [-0.1, -0.05) is 570 Å². The molecule has 0 saturated heterocycles. The molecule has 0 nitrogen and oxygen atoms in total. The number of rotatable bonds is 1. The molecular weight excluding hydrogens is 1180 g/mol. The van der Waals surface area contributed by atoms with Gasteiger partial charge in [0.15, 0.2) is 0 Å². The molecule has 0 amide bonds. The summed E-state index contributed by atoms with van der Waals surface area (Å²) in [7, 11) is 0. The van der Waals surface area contributed by atoms with E-state index in [9.17, 15) is 0 Å². The van der Waals surface area contributed by atoms with E-state index in [-0.39, 0.29) is 37.1 Å². The van der Waals surface area contributed by atoms with E-state index in [1.807, 2.05) is 27.7 Å². The van der Waals surface area contributed by atoms with Gasteiger partial charge in [0.2, 0.25) is 0 Å². The van der Waals surface area contributed by atoms with Crippen molar-refractivity contribution in [3.05, 3.63) is 0 Å². The lowest BCUT2D eigenvalue weighted by Crippen LogP contribution is -2.18. The molecule has 98 heavy (non-hydrogen) atoms. The van der Waals surface area contributed by atoms with Crippen LogP contribution in [0, 0.1) is 65.1 Å². The summed E-state index contributed by atoms with van der Waals surface area (Å²) in [4.78, 5) is 0. The summed E-state index contributed by atoms with van der Waals surface area (Å²) < 4.78 is 0. The monoisotopic (exact) mass is 1390 g/mol. The van der Waals surface area contributed by atoms with Gasteiger partial charge in [0.25, 0.3) is 0 Å². The second-order valence-electron chi connectivity index (χ2n) is 34.4. The van der Waals surface area contributed by atoms with E-state index in [1.54, 1.807) is 25.7 Å². The van der Waals surface area contributed by atoms with Crippen molar-refractivity contribution in [3.63, 3.8) is 0 Å². The van der Waals surface area contributed by atoms with Crippen LogP contribution in [0.15, 0.2) is 0 Å². The van der Waals surface area contributed by atoms with Gasteiger partial charge in [0.1, 0.15) is 0 Å². The van der Waals surface area contributed by atoms with Crippen molar-refractivity contribution in [1.82, 2.24) is 0 Å². The fraction of sp³-hybridized carbons (Fsp3) is 1.00. The average molecular weight is 1390 g/mol. The van der Waals surface area contributed by atoms with Crippen LogP contribution in [0.4, 0.5) is 0 Å². The van der Waals surface area contributed by atoms with Crippen LogP contribution in [0.3, 0.4) is 0 Å². The second kappa shape index (κ2) is 85.9. The quantitative estimate of drug-likeness (QED) is 0.245. The maximum atomic E-state index is 2.45. The highest BCUT2D eigenvalue weighted by Crippen LogP contribution is 2.37. The maximum Gasteiger partial charge on any atom is -0.0386 e. The first kappa shape index (κ1) is 109. The van der Waals surface area contributed by atoms with Gasteiger partial charge in [0, 0.05) is 0 Å². The van der Waals surface area contributed by atoms with Crippen LogP contribution in [-0.4, -0.2) is 0 Å². The minimum absolute atomic E-state index is 0. The first-order valence-corrected chi connectivity index (χ1v) is 45.5. The van der Waals surface area contributed by atoms with Gasteiger partial charge in [-0.3, -0.25) is 0 Å². The van der Waals surface area contributed by atoms with Crippen molar-refractivity contribution in [2.24, 2.45) is 65.1 Å². The van der Waals surface area contributed by atoms with E-state index in [0.29, 0.717) is 0 Å². The highest BCUT2D eigenvalue weighted by atomic mass is 14.3. The molecule has 0 N–H and O–H groups in total. The lowest BCUT2D eigenvalue weighted by molar-refractivity contribution is 0.210. The minimum atomic E-state index is 0. The van der Waals surface area contributed by atoms with E-state index in [2.05, 4.69) is 62.3 Å². The molecule has 0 aromatic heterocycles. The van der Waals surface area contributed by atoms with Gasteiger partial charge in [-0.15, -0.1) is 0 Å². The summed E-state index contributed by atoms with van der Waals surface area (Å²) in [6, 6.07) is 0. The van der Waals surface area contributed by atoms with Gasteiger partial charge >= 0.3 is 0 Å². The zero-order valence-corrected chi connectivity index (χ0v) is 68.1. The summed E-state index contributed by atoms with van der Waals surface area (Å²) in [5, 5.41) is 0. The van der Waals surface area contributed by atoms with E-state index >= 15 is 0 Å². The normalized spacial score (nSPS) is 24.5. The molecule has 0 heteroatoms. The van der Waals surface area contributed by atoms with Crippen LogP contribution >= 0.6 is 0 Å². The lowest BCUT2D eigenvalue weighted by atomic mass is 9.75. The molecule has 10 aliphatic carbocycles. The van der Waals surface area contributed by atoms with Crippen LogP contribution in [0.25, 0.3) is 0 Å². The van der Waals surface area contributed by atoms with Crippen LogP contribution in [0.5, 0.6) is 0 Å². The topological polar surface area (TPSA) is 0 Å². The summed E-state index contributed by atoms with van der Waals surface area (Å²) in [5.41, 5.74) is 0. The Bertz CT molecular complexity index is 1040. The molecule has 0 unspecified atom stereocenters. The SMILES string of the molecule is C.C.C.C.C.CC.CC.CC1CCCC(C2CCCCCCC2)CCC1.CC1CCCCCCC1.CC1CCCCCCC1.CC1CCCCCCC1.CC1CCCCCCC1.CC1CCCCCCC1.CC1CCCCCCC1.CC1CCCCCCC1.CC1CCCCCCC1. The molecule has 600 valence electrons. The predicted octanol–water partition coefficient (Wildman–Crippen LogP) is 38.1.